The van der Waals surface area contributed by atoms with Gasteiger partial charge in [-0.3, -0.25) is 9.59 Å². The van der Waals surface area contributed by atoms with Crippen molar-refractivity contribution in [2.75, 3.05) is 26.7 Å². The van der Waals surface area contributed by atoms with Gasteiger partial charge >= 0.3 is 0 Å². The number of carbonyl (C=O) groups is 2. The lowest BCUT2D eigenvalue weighted by molar-refractivity contribution is -0.127. The van der Waals surface area contributed by atoms with E-state index < -0.39 is 0 Å². The molecule has 1 saturated heterocycles. The molecule has 1 aliphatic rings. The Balaban J connectivity index is 1.34. The molecule has 1 fully saturated rings. The van der Waals surface area contributed by atoms with Gasteiger partial charge in [-0.2, -0.15) is 0 Å². The average molecular weight is 446 g/mol. The standard InChI is InChI=1S/C25H27N5O3/c1-33-18-7-8-22-19(14-18)20(21-13-17-5-2-9-27-25(17)28-21)15-30(22)16-23(31)26-10-4-12-29-11-3-6-24(29)32/h2,5,7-9,13-15H,3-4,6,10-12,16H2,1H3,(H,26,31)(H,27,28). The fourth-order valence-corrected chi connectivity index (χ4v) is 4.50. The van der Waals surface area contributed by atoms with Gasteiger partial charge in [0, 0.05) is 66.0 Å². The molecule has 3 aromatic heterocycles. The number of H-pyrrole nitrogens is 1. The molecule has 170 valence electrons. The highest BCUT2D eigenvalue weighted by Gasteiger charge is 2.19. The monoisotopic (exact) mass is 445 g/mol. The van der Waals surface area contributed by atoms with E-state index in [1.54, 1.807) is 13.3 Å². The van der Waals surface area contributed by atoms with Crippen LogP contribution in [0.25, 0.3) is 33.2 Å². The van der Waals surface area contributed by atoms with Crippen molar-refractivity contribution in [1.29, 1.82) is 0 Å². The van der Waals surface area contributed by atoms with E-state index in [-0.39, 0.29) is 18.4 Å². The Morgan fingerprint density at radius 1 is 1.27 bits per heavy atom. The first kappa shape index (κ1) is 21.1. The van der Waals surface area contributed by atoms with Crippen LogP contribution in [0.1, 0.15) is 19.3 Å². The van der Waals surface area contributed by atoms with Crippen LogP contribution in [-0.4, -0.2) is 58.0 Å². The topological polar surface area (TPSA) is 92.2 Å². The predicted octanol–water partition coefficient (Wildman–Crippen LogP) is 3.32. The van der Waals surface area contributed by atoms with Crippen LogP contribution in [0.3, 0.4) is 0 Å². The largest absolute Gasteiger partial charge is 0.497 e. The molecule has 8 heteroatoms. The summed E-state index contributed by atoms with van der Waals surface area (Å²) in [6, 6.07) is 11.9. The number of methoxy groups -OCH3 is 1. The number of carbonyl (C=O) groups excluding carboxylic acids is 2. The van der Waals surface area contributed by atoms with Crippen molar-refractivity contribution in [2.24, 2.45) is 0 Å². The molecule has 4 heterocycles. The Hall–Kier alpha value is -3.81. The number of nitrogens with zero attached hydrogens (tertiary/aromatic N) is 3. The fraction of sp³-hybridized carbons (Fsp3) is 0.320. The first-order valence-electron chi connectivity index (χ1n) is 11.3. The van der Waals surface area contributed by atoms with E-state index in [0.29, 0.717) is 19.5 Å². The van der Waals surface area contributed by atoms with Crippen LogP contribution in [0.15, 0.2) is 48.8 Å². The average Bonchev–Trinajstić information content (AvgIpc) is 3.53. The van der Waals surface area contributed by atoms with E-state index in [2.05, 4.69) is 21.4 Å². The lowest BCUT2D eigenvalue weighted by atomic mass is 10.1. The molecule has 2 amide bonds. The number of rotatable bonds is 8. The number of nitrogens with one attached hydrogen (secondary N) is 2. The maximum Gasteiger partial charge on any atom is 0.239 e. The van der Waals surface area contributed by atoms with Gasteiger partial charge in [-0.05, 0) is 49.2 Å². The summed E-state index contributed by atoms with van der Waals surface area (Å²) in [6.07, 6.45) is 6.10. The molecule has 33 heavy (non-hydrogen) atoms. The Bertz CT molecular complexity index is 1290. The molecule has 1 aromatic carbocycles. The highest BCUT2D eigenvalue weighted by atomic mass is 16.5. The van der Waals surface area contributed by atoms with Gasteiger partial charge in [0.05, 0.1) is 7.11 Å². The van der Waals surface area contributed by atoms with Crippen molar-refractivity contribution in [3.8, 4) is 17.0 Å². The third-order valence-corrected chi connectivity index (χ3v) is 6.18. The van der Waals surface area contributed by atoms with E-state index in [1.807, 2.05) is 46.0 Å². The van der Waals surface area contributed by atoms with E-state index in [1.165, 1.54) is 0 Å². The molecule has 0 atom stereocenters. The fourth-order valence-electron chi connectivity index (χ4n) is 4.50. The molecule has 8 nitrogen and oxygen atoms in total. The Morgan fingerprint density at radius 3 is 2.97 bits per heavy atom. The molecule has 2 N–H and O–H groups in total. The van der Waals surface area contributed by atoms with Gasteiger partial charge in [0.25, 0.3) is 0 Å². The van der Waals surface area contributed by atoms with Crippen LogP contribution in [0.2, 0.25) is 0 Å². The predicted molar refractivity (Wildman–Crippen MR) is 127 cm³/mol. The molecule has 0 bridgehead atoms. The number of likely N-dealkylation sites (tertiary alicyclic amines) is 1. The number of amides is 2. The second kappa shape index (κ2) is 8.97. The lowest BCUT2D eigenvalue weighted by Crippen LogP contribution is -2.32. The van der Waals surface area contributed by atoms with Crippen LogP contribution in [0, 0.1) is 0 Å². The van der Waals surface area contributed by atoms with Crippen LogP contribution in [0.5, 0.6) is 5.75 Å². The van der Waals surface area contributed by atoms with Crippen molar-refractivity contribution in [3.63, 3.8) is 0 Å². The third kappa shape index (κ3) is 4.28. The molecule has 1 aliphatic heterocycles. The summed E-state index contributed by atoms with van der Waals surface area (Å²) < 4.78 is 7.40. The number of hydrogen-bond donors (Lipinski definition) is 2. The van der Waals surface area contributed by atoms with Crippen LogP contribution >= 0.6 is 0 Å². The minimum atomic E-state index is -0.0552. The zero-order valence-electron chi connectivity index (χ0n) is 18.6. The Morgan fingerprint density at radius 2 is 2.18 bits per heavy atom. The number of fused-ring (bicyclic) bond motifs is 2. The van der Waals surface area contributed by atoms with Crippen LogP contribution in [-0.2, 0) is 16.1 Å². The zero-order valence-corrected chi connectivity index (χ0v) is 18.6. The van der Waals surface area contributed by atoms with E-state index >= 15 is 0 Å². The second-order valence-electron chi connectivity index (χ2n) is 8.37. The van der Waals surface area contributed by atoms with Crippen molar-refractivity contribution in [3.05, 3.63) is 48.8 Å². The summed E-state index contributed by atoms with van der Waals surface area (Å²) in [5.41, 5.74) is 3.71. The molecule has 0 radical (unpaired) electrons. The Kier molecular flexibility index (Phi) is 5.73. The molecular weight excluding hydrogens is 418 g/mol. The summed E-state index contributed by atoms with van der Waals surface area (Å²) in [6.45, 7) is 2.29. The van der Waals surface area contributed by atoms with Gasteiger partial charge in [-0.1, -0.05) is 0 Å². The smallest absolute Gasteiger partial charge is 0.239 e. The summed E-state index contributed by atoms with van der Waals surface area (Å²) in [5.74, 6) is 0.923. The number of ether oxygens (including phenoxy) is 1. The third-order valence-electron chi connectivity index (χ3n) is 6.18. The van der Waals surface area contributed by atoms with Crippen molar-refractivity contribution >= 4 is 33.8 Å². The molecule has 0 spiro atoms. The zero-order chi connectivity index (χ0) is 22.8. The number of aromatic amines is 1. The van der Waals surface area contributed by atoms with Crippen LogP contribution < -0.4 is 10.1 Å². The normalized spacial score (nSPS) is 13.8. The number of aromatic nitrogens is 3. The van der Waals surface area contributed by atoms with Gasteiger partial charge < -0.3 is 24.5 Å². The summed E-state index contributed by atoms with van der Waals surface area (Å²) >= 11 is 0. The quantitative estimate of drug-likeness (QED) is 0.407. The molecule has 5 rings (SSSR count). The minimum Gasteiger partial charge on any atom is -0.497 e. The SMILES string of the molecule is COc1ccc2c(c1)c(-c1cc3cccnc3[nH]1)cn2CC(=O)NCCCN1CCCC1=O. The van der Waals surface area contributed by atoms with Gasteiger partial charge in [-0.25, -0.2) is 4.98 Å². The summed E-state index contributed by atoms with van der Waals surface area (Å²) in [7, 11) is 1.65. The first-order valence-corrected chi connectivity index (χ1v) is 11.3. The minimum absolute atomic E-state index is 0.0552. The number of hydrogen-bond acceptors (Lipinski definition) is 4. The number of benzene rings is 1. The van der Waals surface area contributed by atoms with Gasteiger partial charge in [0.15, 0.2) is 0 Å². The molecule has 4 aromatic rings. The van der Waals surface area contributed by atoms with Crippen LogP contribution in [0.4, 0.5) is 0 Å². The first-order chi connectivity index (χ1) is 16.1. The number of pyridine rings is 1. The maximum atomic E-state index is 12.7. The Labute approximate surface area is 191 Å². The molecule has 0 unspecified atom stereocenters. The highest BCUT2D eigenvalue weighted by molar-refractivity contribution is 5.99. The van der Waals surface area contributed by atoms with Crippen molar-refractivity contribution < 1.29 is 14.3 Å². The van der Waals surface area contributed by atoms with E-state index in [0.717, 1.165) is 58.3 Å². The molecular formula is C25H27N5O3. The lowest BCUT2D eigenvalue weighted by Gasteiger charge is -2.15. The maximum absolute atomic E-state index is 12.7. The summed E-state index contributed by atoms with van der Waals surface area (Å²) in [5, 5.41) is 5.02. The van der Waals surface area contributed by atoms with E-state index in [9.17, 15) is 9.59 Å². The van der Waals surface area contributed by atoms with Gasteiger partial charge in [0.1, 0.15) is 17.9 Å². The molecule has 0 saturated carbocycles. The highest BCUT2D eigenvalue weighted by Crippen LogP contribution is 2.34. The van der Waals surface area contributed by atoms with Crippen molar-refractivity contribution in [1.82, 2.24) is 24.8 Å². The summed E-state index contributed by atoms with van der Waals surface area (Å²) in [4.78, 5) is 34.0. The van der Waals surface area contributed by atoms with Gasteiger partial charge in [-0.15, -0.1) is 0 Å². The van der Waals surface area contributed by atoms with Gasteiger partial charge in [0.2, 0.25) is 11.8 Å². The van der Waals surface area contributed by atoms with E-state index in [4.69, 9.17) is 4.74 Å². The van der Waals surface area contributed by atoms with Crippen molar-refractivity contribution in [2.45, 2.75) is 25.8 Å². The second-order valence-corrected chi connectivity index (χ2v) is 8.37. The molecule has 0 aliphatic carbocycles.